The molecule has 0 unspecified atom stereocenters. The topological polar surface area (TPSA) is 112 Å². The minimum absolute atomic E-state index is 0. The Hall–Kier alpha value is -1.26. The Kier molecular flexibility index (Phi) is 25.9. The van der Waals surface area contributed by atoms with Crippen LogP contribution >= 0.6 is 0 Å². The average molecular weight is 500 g/mol. The van der Waals surface area contributed by atoms with Gasteiger partial charge in [-0.25, -0.2) is 0 Å². The number of carbonyl (C=O) groups is 4. The van der Waals surface area contributed by atoms with Gasteiger partial charge < -0.3 is 28.7 Å². The summed E-state index contributed by atoms with van der Waals surface area (Å²) in [6.45, 7) is 6.64. The molecular weight excluding hydrogens is 462 g/mol. The standard InChI is InChI=1S/2C10H19NO4.Zn/c2*1-9(12)8-10(13)11(4-6-14-2)5-7-15-3;/h2*4-8H2,1-3H3;/q;;+2. The number of ether oxygens (including phenoxy) is 4. The zero-order chi connectivity index (χ0) is 23.4. The van der Waals surface area contributed by atoms with E-state index in [-0.39, 0.29) is 55.7 Å². The maximum Gasteiger partial charge on any atom is 2.00 e. The number of methoxy groups -OCH3 is 4. The number of rotatable bonds is 16. The molecule has 0 atom stereocenters. The molecule has 0 aliphatic heterocycles. The van der Waals surface area contributed by atoms with Gasteiger partial charge in [-0.15, -0.1) is 0 Å². The van der Waals surface area contributed by atoms with Crippen molar-refractivity contribution in [3.8, 4) is 0 Å². The summed E-state index contributed by atoms with van der Waals surface area (Å²) >= 11 is 0. The summed E-state index contributed by atoms with van der Waals surface area (Å²) in [6, 6.07) is 0. The van der Waals surface area contributed by atoms with Crippen molar-refractivity contribution in [2.45, 2.75) is 26.7 Å². The summed E-state index contributed by atoms with van der Waals surface area (Å²) in [4.78, 5) is 47.9. The molecule has 10 nitrogen and oxygen atoms in total. The van der Waals surface area contributed by atoms with E-state index in [9.17, 15) is 19.2 Å². The quantitative estimate of drug-likeness (QED) is 0.218. The van der Waals surface area contributed by atoms with Crippen molar-refractivity contribution in [1.29, 1.82) is 0 Å². The van der Waals surface area contributed by atoms with Crippen molar-refractivity contribution in [2.24, 2.45) is 0 Å². The fourth-order valence-electron chi connectivity index (χ4n) is 2.18. The summed E-state index contributed by atoms with van der Waals surface area (Å²) in [5.41, 5.74) is 0. The van der Waals surface area contributed by atoms with Gasteiger partial charge in [0.1, 0.15) is 11.6 Å². The first-order valence-electron chi connectivity index (χ1n) is 9.73. The first-order chi connectivity index (χ1) is 14.2. The largest absolute Gasteiger partial charge is 2.00 e. The molecule has 0 fully saturated rings. The van der Waals surface area contributed by atoms with Crippen LogP contribution in [-0.4, -0.2) is 114 Å². The number of Topliss-reactive ketones (excluding diaryl/α,β-unsaturated/α-hetero) is 2. The number of hydrogen-bond donors (Lipinski definition) is 0. The molecule has 0 spiro atoms. The molecule has 0 aromatic carbocycles. The summed E-state index contributed by atoms with van der Waals surface area (Å²) < 4.78 is 19.6. The van der Waals surface area contributed by atoms with Gasteiger partial charge in [0, 0.05) is 54.6 Å². The monoisotopic (exact) mass is 498 g/mol. The summed E-state index contributed by atoms with van der Waals surface area (Å²) in [5.74, 6) is -0.590. The van der Waals surface area contributed by atoms with Crippen LogP contribution in [0.25, 0.3) is 0 Å². The second-order valence-electron chi connectivity index (χ2n) is 6.49. The summed E-state index contributed by atoms with van der Waals surface area (Å²) in [7, 11) is 6.29. The van der Waals surface area contributed by atoms with Crippen LogP contribution in [-0.2, 0) is 57.6 Å². The van der Waals surface area contributed by atoms with Gasteiger partial charge in [0.05, 0.1) is 39.3 Å². The van der Waals surface area contributed by atoms with E-state index in [1.807, 2.05) is 0 Å². The van der Waals surface area contributed by atoms with Crippen LogP contribution in [0.4, 0.5) is 0 Å². The Labute approximate surface area is 198 Å². The molecule has 0 aliphatic rings. The van der Waals surface area contributed by atoms with E-state index >= 15 is 0 Å². The summed E-state index contributed by atoms with van der Waals surface area (Å²) in [5, 5.41) is 0. The molecule has 0 aromatic rings. The van der Waals surface area contributed by atoms with Crippen molar-refractivity contribution < 1.29 is 57.6 Å². The molecule has 0 rings (SSSR count). The third kappa shape index (κ3) is 21.8. The van der Waals surface area contributed by atoms with Crippen molar-refractivity contribution in [3.05, 3.63) is 0 Å². The number of hydrogen-bond acceptors (Lipinski definition) is 8. The predicted molar refractivity (Wildman–Crippen MR) is 111 cm³/mol. The van der Waals surface area contributed by atoms with Gasteiger partial charge in [-0.3, -0.25) is 19.2 Å². The van der Waals surface area contributed by atoms with Crippen molar-refractivity contribution >= 4 is 23.4 Å². The van der Waals surface area contributed by atoms with E-state index in [1.54, 1.807) is 38.2 Å². The molecular formula is C20H38N2O8Zn+2. The van der Waals surface area contributed by atoms with Crippen LogP contribution in [0.15, 0.2) is 0 Å². The van der Waals surface area contributed by atoms with E-state index in [2.05, 4.69) is 0 Å². The van der Waals surface area contributed by atoms with E-state index in [4.69, 9.17) is 18.9 Å². The minimum Gasteiger partial charge on any atom is -0.383 e. The first-order valence-corrected chi connectivity index (χ1v) is 9.73. The van der Waals surface area contributed by atoms with Gasteiger partial charge in [-0.05, 0) is 13.8 Å². The van der Waals surface area contributed by atoms with E-state index in [0.29, 0.717) is 52.6 Å². The second kappa shape index (κ2) is 23.4. The van der Waals surface area contributed by atoms with Gasteiger partial charge in [0.15, 0.2) is 0 Å². The minimum atomic E-state index is -0.170. The van der Waals surface area contributed by atoms with Gasteiger partial charge in [0.2, 0.25) is 11.8 Å². The predicted octanol–water partition coefficient (Wildman–Crippen LogP) is 0.171. The molecule has 11 heteroatoms. The Morgan fingerprint density at radius 3 is 0.935 bits per heavy atom. The fourth-order valence-corrected chi connectivity index (χ4v) is 2.18. The van der Waals surface area contributed by atoms with Crippen molar-refractivity contribution in [3.63, 3.8) is 0 Å². The second-order valence-corrected chi connectivity index (χ2v) is 6.49. The maximum atomic E-state index is 11.6. The third-order valence-electron chi connectivity index (χ3n) is 3.77. The van der Waals surface area contributed by atoms with E-state index < -0.39 is 0 Å². The van der Waals surface area contributed by atoms with E-state index in [0.717, 1.165) is 0 Å². The summed E-state index contributed by atoms with van der Waals surface area (Å²) in [6.07, 6.45) is -0.0964. The van der Waals surface area contributed by atoms with Crippen molar-refractivity contribution in [1.82, 2.24) is 9.80 Å². The molecule has 0 saturated carbocycles. The zero-order valence-electron chi connectivity index (χ0n) is 19.9. The van der Waals surface area contributed by atoms with Crippen LogP contribution in [0.5, 0.6) is 0 Å². The zero-order valence-corrected chi connectivity index (χ0v) is 22.9. The first kappa shape index (κ1) is 34.4. The molecule has 0 aliphatic carbocycles. The number of amides is 2. The molecule has 0 saturated heterocycles. The molecule has 2 amide bonds. The van der Waals surface area contributed by atoms with Crippen LogP contribution in [0.3, 0.4) is 0 Å². The number of ketones is 2. The molecule has 0 aromatic heterocycles. The SMILES string of the molecule is COCCN(CCOC)C(=O)CC(C)=O.COCCN(CCOC)C(=O)CC(C)=O.[Zn+2]. The van der Waals surface area contributed by atoms with Gasteiger partial charge >= 0.3 is 19.5 Å². The van der Waals surface area contributed by atoms with E-state index in [1.165, 1.54) is 13.8 Å². The molecule has 0 heterocycles. The van der Waals surface area contributed by atoms with Crippen LogP contribution < -0.4 is 0 Å². The Morgan fingerprint density at radius 1 is 0.548 bits per heavy atom. The van der Waals surface area contributed by atoms with Gasteiger partial charge in [0.25, 0.3) is 0 Å². The molecule has 176 valence electrons. The molecule has 0 N–H and O–H groups in total. The normalized spacial score (nSPS) is 9.74. The van der Waals surface area contributed by atoms with Crippen LogP contribution in [0.1, 0.15) is 26.7 Å². The fraction of sp³-hybridized carbons (Fsp3) is 0.800. The molecule has 0 bridgehead atoms. The Balaban J connectivity index is -0.000000490. The number of nitrogens with zero attached hydrogens (tertiary/aromatic N) is 2. The van der Waals surface area contributed by atoms with Crippen LogP contribution in [0, 0.1) is 0 Å². The van der Waals surface area contributed by atoms with Gasteiger partial charge in [-0.1, -0.05) is 0 Å². The number of carbonyl (C=O) groups excluding carboxylic acids is 4. The Bertz CT molecular complexity index is 446. The van der Waals surface area contributed by atoms with Crippen molar-refractivity contribution in [2.75, 3.05) is 81.0 Å². The third-order valence-corrected chi connectivity index (χ3v) is 3.77. The molecule has 0 radical (unpaired) electrons. The average Bonchev–Trinajstić information content (AvgIpc) is 2.67. The van der Waals surface area contributed by atoms with Crippen LogP contribution in [0.2, 0.25) is 0 Å². The smallest absolute Gasteiger partial charge is 0.383 e. The van der Waals surface area contributed by atoms with Gasteiger partial charge in [-0.2, -0.15) is 0 Å². The Morgan fingerprint density at radius 2 is 0.774 bits per heavy atom. The molecule has 31 heavy (non-hydrogen) atoms. The maximum absolute atomic E-state index is 11.6.